The second kappa shape index (κ2) is 10.2. The summed E-state index contributed by atoms with van der Waals surface area (Å²) in [6.07, 6.45) is 2.28. The smallest absolute Gasteiger partial charge is 0.243 e. The minimum atomic E-state index is -3.52. The molecular formula is C24H31N5O3S3. The molecule has 2 aliphatic heterocycles. The van der Waals surface area contributed by atoms with Crippen molar-refractivity contribution in [1.29, 1.82) is 0 Å². The number of piperazine rings is 1. The highest BCUT2D eigenvalue weighted by Gasteiger charge is 2.30. The number of nitrogens with zero attached hydrogens (tertiary/aromatic N) is 5. The van der Waals surface area contributed by atoms with Gasteiger partial charge in [-0.3, -0.25) is 9.47 Å². The molecule has 0 N–H and O–H groups in total. The lowest BCUT2D eigenvalue weighted by Gasteiger charge is -2.34. The maximum atomic E-state index is 13.3. The summed E-state index contributed by atoms with van der Waals surface area (Å²) in [4.78, 5) is 3.70. The Morgan fingerprint density at radius 1 is 1.17 bits per heavy atom. The molecule has 0 saturated carbocycles. The molecule has 0 unspecified atom stereocenters. The number of thiophene rings is 1. The molecule has 5 rings (SSSR count). The summed E-state index contributed by atoms with van der Waals surface area (Å²) in [6, 6.07) is 9.67. The van der Waals surface area contributed by atoms with Gasteiger partial charge in [0.2, 0.25) is 10.0 Å². The van der Waals surface area contributed by atoms with E-state index in [2.05, 4.69) is 15.5 Å². The summed E-state index contributed by atoms with van der Waals surface area (Å²) >= 11 is 7.49. The van der Waals surface area contributed by atoms with E-state index in [0.29, 0.717) is 49.1 Å². The van der Waals surface area contributed by atoms with E-state index in [9.17, 15) is 8.42 Å². The van der Waals surface area contributed by atoms with E-state index in [4.69, 9.17) is 22.1 Å². The minimum absolute atomic E-state index is 0.164. The summed E-state index contributed by atoms with van der Waals surface area (Å²) in [5.74, 6) is 0.872. The van der Waals surface area contributed by atoms with E-state index in [-0.39, 0.29) is 6.10 Å². The fourth-order valence-corrected chi connectivity index (χ4v) is 7.41. The topological polar surface area (TPSA) is 72.6 Å². The van der Waals surface area contributed by atoms with E-state index in [0.717, 1.165) is 41.3 Å². The number of benzene rings is 1. The fraction of sp³-hybridized carbons (Fsp3) is 0.500. The van der Waals surface area contributed by atoms with E-state index in [1.807, 2.05) is 42.1 Å². The molecular weight excluding hydrogens is 502 g/mol. The molecule has 188 valence electrons. The van der Waals surface area contributed by atoms with Crippen LogP contribution in [0.2, 0.25) is 0 Å². The maximum Gasteiger partial charge on any atom is 0.243 e. The SMILES string of the molecule is Cc1ccc(C)c(S(=O)(=O)N2CCN(Cn3nc(-c4cccs4)n(C[C@@H]4CCCO4)c3=S)CC2)c1. The molecule has 3 aromatic rings. The normalized spacial score (nSPS) is 20.0. The molecule has 2 fully saturated rings. The molecule has 0 bridgehead atoms. The van der Waals surface area contributed by atoms with Gasteiger partial charge in [-0.15, -0.1) is 16.4 Å². The van der Waals surface area contributed by atoms with Crippen LogP contribution in [0.25, 0.3) is 10.7 Å². The summed E-state index contributed by atoms with van der Waals surface area (Å²) in [5, 5.41) is 6.93. The Morgan fingerprint density at radius 3 is 2.66 bits per heavy atom. The van der Waals surface area contributed by atoms with Gasteiger partial charge in [-0.05, 0) is 67.5 Å². The quantitative estimate of drug-likeness (QED) is 0.429. The highest BCUT2D eigenvalue weighted by atomic mass is 32.2. The van der Waals surface area contributed by atoms with Crippen molar-refractivity contribution in [2.45, 2.75) is 50.9 Å². The average molecular weight is 534 g/mol. The van der Waals surface area contributed by atoms with Crippen LogP contribution in [0.1, 0.15) is 24.0 Å². The summed E-state index contributed by atoms with van der Waals surface area (Å²) < 4.78 is 38.7. The first kappa shape index (κ1) is 24.8. The van der Waals surface area contributed by atoms with Crippen molar-refractivity contribution in [3.63, 3.8) is 0 Å². The largest absolute Gasteiger partial charge is 0.376 e. The van der Waals surface area contributed by atoms with Gasteiger partial charge in [0.25, 0.3) is 0 Å². The zero-order chi connectivity index (χ0) is 24.6. The van der Waals surface area contributed by atoms with Crippen LogP contribution in [0.3, 0.4) is 0 Å². The van der Waals surface area contributed by atoms with Gasteiger partial charge >= 0.3 is 0 Å². The first-order valence-electron chi connectivity index (χ1n) is 12.0. The van der Waals surface area contributed by atoms with E-state index < -0.39 is 10.0 Å². The predicted molar refractivity (Wildman–Crippen MR) is 140 cm³/mol. The van der Waals surface area contributed by atoms with Crippen molar-refractivity contribution in [2.75, 3.05) is 32.8 Å². The molecule has 35 heavy (non-hydrogen) atoms. The number of rotatable bonds is 7. The predicted octanol–water partition coefficient (Wildman–Crippen LogP) is 3.90. The Morgan fingerprint density at radius 2 is 1.97 bits per heavy atom. The Balaban J connectivity index is 1.31. The standard InChI is InChI=1S/C24H31N5O3S3/c1-18-7-8-19(2)22(15-18)35(30,31)27-11-9-26(10-12-27)17-29-24(33)28(16-20-5-3-13-32-20)23(25-29)21-6-4-14-34-21/h4,6-8,14-15,20H,3,5,9-13,16-17H2,1-2H3/t20-/m0/s1. The van der Waals surface area contributed by atoms with E-state index >= 15 is 0 Å². The van der Waals surface area contributed by atoms with Gasteiger partial charge in [0, 0.05) is 32.8 Å². The Bertz CT molecular complexity index is 1330. The minimum Gasteiger partial charge on any atom is -0.376 e. The lowest BCUT2D eigenvalue weighted by atomic mass is 10.2. The first-order valence-corrected chi connectivity index (χ1v) is 14.7. The molecule has 4 heterocycles. The van der Waals surface area contributed by atoms with Gasteiger partial charge in [0.1, 0.15) is 0 Å². The van der Waals surface area contributed by atoms with Crippen molar-refractivity contribution >= 4 is 33.6 Å². The molecule has 0 aliphatic carbocycles. The zero-order valence-corrected chi connectivity index (χ0v) is 22.5. The van der Waals surface area contributed by atoms with Crippen LogP contribution < -0.4 is 0 Å². The third-order valence-electron chi connectivity index (χ3n) is 6.70. The van der Waals surface area contributed by atoms with Crippen LogP contribution in [0.15, 0.2) is 40.6 Å². The van der Waals surface area contributed by atoms with Gasteiger partial charge in [-0.2, -0.15) is 4.31 Å². The molecule has 0 radical (unpaired) electrons. The zero-order valence-electron chi connectivity index (χ0n) is 20.1. The van der Waals surface area contributed by atoms with Gasteiger partial charge in [-0.25, -0.2) is 13.1 Å². The van der Waals surface area contributed by atoms with Crippen LogP contribution >= 0.6 is 23.6 Å². The Hall–Kier alpha value is -1.89. The average Bonchev–Trinajstić information content (AvgIpc) is 3.61. The van der Waals surface area contributed by atoms with Crippen LogP contribution in [-0.4, -0.2) is 70.9 Å². The first-order chi connectivity index (χ1) is 16.8. The molecule has 11 heteroatoms. The second-order valence-corrected chi connectivity index (χ2v) is 12.5. The molecule has 1 atom stereocenters. The highest BCUT2D eigenvalue weighted by molar-refractivity contribution is 7.89. The van der Waals surface area contributed by atoms with Crippen molar-refractivity contribution in [1.82, 2.24) is 23.6 Å². The van der Waals surface area contributed by atoms with Gasteiger partial charge < -0.3 is 4.74 Å². The van der Waals surface area contributed by atoms with Gasteiger partial charge in [-0.1, -0.05) is 18.2 Å². The fourth-order valence-electron chi connectivity index (χ4n) is 4.70. The molecule has 0 amide bonds. The lowest BCUT2D eigenvalue weighted by molar-refractivity contribution is 0.0965. The van der Waals surface area contributed by atoms with Gasteiger partial charge in [0.05, 0.1) is 29.1 Å². The Kier molecular flexibility index (Phi) is 7.25. The second-order valence-electron chi connectivity index (χ2n) is 9.26. The number of sulfonamides is 1. The molecule has 2 aliphatic rings. The number of aromatic nitrogens is 3. The molecule has 2 saturated heterocycles. The number of aryl methyl sites for hydroxylation is 2. The van der Waals surface area contributed by atoms with Crippen LogP contribution in [0.4, 0.5) is 0 Å². The summed E-state index contributed by atoms with van der Waals surface area (Å²) in [6.45, 7) is 7.94. The van der Waals surface area contributed by atoms with Crippen LogP contribution in [-0.2, 0) is 28.0 Å². The Labute approximate surface area is 215 Å². The monoisotopic (exact) mass is 533 g/mol. The number of hydrogen-bond donors (Lipinski definition) is 0. The molecule has 2 aromatic heterocycles. The van der Waals surface area contributed by atoms with Crippen LogP contribution in [0.5, 0.6) is 0 Å². The van der Waals surface area contributed by atoms with Gasteiger partial charge in [0.15, 0.2) is 10.6 Å². The molecule has 8 nitrogen and oxygen atoms in total. The van der Waals surface area contributed by atoms with E-state index in [1.54, 1.807) is 21.7 Å². The third kappa shape index (κ3) is 5.16. The van der Waals surface area contributed by atoms with Crippen molar-refractivity contribution in [3.05, 3.63) is 51.6 Å². The number of ether oxygens (including phenoxy) is 1. The van der Waals surface area contributed by atoms with Crippen molar-refractivity contribution in [3.8, 4) is 10.7 Å². The van der Waals surface area contributed by atoms with Crippen molar-refractivity contribution < 1.29 is 13.2 Å². The summed E-state index contributed by atoms with van der Waals surface area (Å²) in [7, 11) is -3.52. The number of hydrogen-bond acceptors (Lipinski definition) is 7. The lowest BCUT2D eigenvalue weighted by Crippen LogP contribution is -2.49. The molecule has 1 aromatic carbocycles. The van der Waals surface area contributed by atoms with E-state index in [1.165, 1.54) is 0 Å². The van der Waals surface area contributed by atoms with Crippen LogP contribution in [0, 0.1) is 18.6 Å². The van der Waals surface area contributed by atoms with Crippen molar-refractivity contribution in [2.24, 2.45) is 0 Å². The third-order valence-corrected chi connectivity index (χ3v) is 10.0. The maximum absolute atomic E-state index is 13.3. The highest BCUT2D eigenvalue weighted by Crippen LogP contribution is 2.26. The summed E-state index contributed by atoms with van der Waals surface area (Å²) in [5.41, 5.74) is 1.73. The molecule has 0 spiro atoms.